The van der Waals surface area contributed by atoms with E-state index in [0.29, 0.717) is 34.8 Å². The summed E-state index contributed by atoms with van der Waals surface area (Å²) in [6.45, 7) is 3.05. The van der Waals surface area contributed by atoms with Crippen molar-refractivity contribution in [3.05, 3.63) is 69.1 Å². The van der Waals surface area contributed by atoms with Crippen LogP contribution in [0.2, 0.25) is 0 Å². The van der Waals surface area contributed by atoms with Gasteiger partial charge < -0.3 is 14.9 Å². The van der Waals surface area contributed by atoms with Crippen LogP contribution >= 0.6 is 11.5 Å². The first-order chi connectivity index (χ1) is 15.1. The van der Waals surface area contributed by atoms with Crippen molar-refractivity contribution in [1.29, 1.82) is 0 Å². The van der Waals surface area contributed by atoms with E-state index < -0.39 is 17.0 Å². The number of nitrogens with zero attached hydrogens (tertiary/aromatic N) is 1. The molecule has 2 N–H and O–H groups in total. The number of alkyl halides is 3. The van der Waals surface area contributed by atoms with Crippen LogP contribution in [0, 0.1) is 13.8 Å². The third-order valence-electron chi connectivity index (χ3n) is 5.26. The highest BCUT2D eigenvalue weighted by atomic mass is 32.1. The summed E-state index contributed by atoms with van der Waals surface area (Å²) in [7, 11) is 0. The molecule has 0 saturated carbocycles. The molecular formula is C23H22F3NO4S. The summed E-state index contributed by atoms with van der Waals surface area (Å²) in [5, 5.41) is 18.2. The number of halogens is 3. The minimum Gasteiger partial charge on any atom is -0.488 e. The molecule has 0 fully saturated rings. The first-order valence-corrected chi connectivity index (χ1v) is 10.6. The molecule has 5 nitrogen and oxygen atoms in total. The Morgan fingerprint density at radius 2 is 1.91 bits per heavy atom. The summed E-state index contributed by atoms with van der Waals surface area (Å²) >= 11 is 0.373. The Bertz CT molecular complexity index is 1120. The molecule has 2 aromatic carbocycles. The van der Waals surface area contributed by atoms with Crippen LogP contribution in [0.4, 0.5) is 13.2 Å². The third kappa shape index (κ3) is 5.28. The maximum absolute atomic E-state index is 13.6. The molecule has 32 heavy (non-hydrogen) atoms. The van der Waals surface area contributed by atoms with Crippen LogP contribution < -0.4 is 4.74 Å². The molecular weight excluding hydrogens is 443 g/mol. The van der Waals surface area contributed by atoms with Crippen LogP contribution in [0.15, 0.2) is 36.4 Å². The van der Waals surface area contributed by atoms with Crippen molar-refractivity contribution in [3.63, 3.8) is 0 Å². The number of aromatic nitrogens is 1. The van der Waals surface area contributed by atoms with Crippen molar-refractivity contribution in [1.82, 2.24) is 4.37 Å². The first-order valence-electron chi connectivity index (χ1n) is 9.81. The molecule has 0 atom stereocenters. The van der Waals surface area contributed by atoms with E-state index in [1.165, 1.54) is 0 Å². The second-order valence-corrected chi connectivity index (χ2v) is 8.12. The topological polar surface area (TPSA) is 79.7 Å². The lowest BCUT2D eigenvalue weighted by Crippen LogP contribution is -2.09. The molecule has 1 aromatic heterocycles. The Morgan fingerprint density at radius 1 is 1.16 bits per heavy atom. The first kappa shape index (κ1) is 23.7. The van der Waals surface area contributed by atoms with Crippen molar-refractivity contribution in [2.45, 2.75) is 46.1 Å². The molecule has 0 radical (unpaired) electrons. The number of carboxylic acid groups (broad SMARTS) is 1. The predicted molar refractivity (Wildman–Crippen MR) is 115 cm³/mol. The maximum Gasteiger partial charge on any atom is 0.427 e. The zero-order valence-corrected chi connectivity index (χ0v) is 18.3. The number of carbonyl (C=O) groups is 1. The highest BCUT2D eigenvalue weighted by Gasteiger charge is 2.38. The molecule has 0 aliphatic heterocycles. The monoisotopic (exact) mass is 465 g/mol. The van der Waals surface area contributed by atoms with E-state index in [-0.39, 0.29) is 30.9 Å². The summed E-state index contributed by atoms with van der Waals surface area (Å²) in [5.41, 5.74) is 3.59. The van der Waals surface area contributed by atoms with Crippen molar-refractivity contribution in [2.75, 3.05) is 0 Å². The Kier molecular flexibility index (Phi) is 7.20. The van der Waals surface area contributed by atoms with Gasteiger partial charge in [0.1, 0.15) is 17.2 Å². The van der Waals surface area contributed by atoms with Gasteiger partial charge in [-0.2, -0.15) is 17.5 Å². The van der Waals surface area contributed by atoms with Gasteiger partial charge in [-0.1, -0.05) is 24.3 Å². The fourth-order valence-electron chi connectivity index (χ4n) is 3.38. The highest BCUT2D eigenvalue weighted by molar-refractivity contribution is 7.06. The Hall–Kier alpha value is -2.91. The van der Waals surface area contributed by atoms with Gasteiger partial charge in [-0.3, -0.25) is 4.79 Å². The second-order valence-electron chi connectivity index (χ2n) is 7.35. The fourth-order valence-corrected chi connectivity index (χ4v) is 4.15. The van der Waals surface area contributed by atoms with Gasteiger partial charge >= 0.3 is 12.1 Å². The fraction of sp³-hybridized carbons (Fsp3) is 0.304. The molecule has 0 saturated heterocycles. The molecule has 0 amide bonds. The van der Waals surface area contributed by atoms with Gasteiger partial charge in [-0.15, -0.1) is 0 Å². The molecule has 0 aliphatic carbocycles. The van der Waals surface area contributed by atoms with E-state index in [1.54, 1.807) is 43.3 Å². The quantitative estimate of drug-likeness (QED) is 0.457. The van der Waals surface area contributed by atoms with Crippen LogP contribution in [0.25, 0.3) is 11.3 Å². The molecule has 3 rings (SSSR count). The van der Waals surface area contributed by atoms with Crippen LogP contribution in [0.1, 0.15) is 39.1 Å². The normalized spacial score (nSPS) is 11.6. The predicted octanol–water partition coefficient (Wildman–Crippen LogP) is 5.53. The number of benzene rings is 2. The third-order valence-corrected chi connectivity index (χ3v) is 6.19. The average molecular weight is 465 g/mol. The van der Waals surface area contributed by atoms with Crippen LogP contribution in [-0.2, 0) is 30.6 Å². The number of hydrogen-bond acceptors (Lipinski definition) is 5. The maximum atomic E-state index is 13.6. The molecule has 3 aromatic rings. The van der Waals surface area contributed by atoms with E-state index in [9.17, 15) is 23.1 Å². The average Bonchev–Trinajstić information content (AvgIpc) is 3.18. The van der Waals surface area contributed by atoms with E-state index in [4.69, 9.17) is 9.84 Å². The zero-order valence-electron chi connectivity index (χ0n) is 17.5. The molecule has 0 spiro atoms. The molecule has 0 unspecified atom stereocenters. The highest BCUT2D eigenvalue weighted by Crippen LogP contribution is 2.40. The standard InChI is InChI=1S/C23H22F3NO4S/c1-13-14(2)19(8-6-16(13)7-9-20(29)30)31-12-18-21(27-32-22(18)23(24,25)26)17-5-3-4-15(10-17)11-28/h3-6,8,10,28H,7,9,11-12H2,1-2H3,(H,29,30). The summed E-state index contributed by atoms with van der Waals surface area (Å²) in [6.07, 6.45) is -4.22. The number of carboxylic acids is 1. The van der Waals surface area contributed by atoms with E-state index in [2.05, 4.69) is 4.37 Å². The number of aliphatic carboxylic acids is 1. The number of aryl methyl sites for hydroxylation is 1. The lowest BCUT2D eigenvalue weighted by Gasteiger charge is -2.15. The molecule has 9 heteroatoms. The van der Waals surface area contributed by atoms with E-state index >= 15 is 0 Å². The Balaban J connectivity index is 1.92. The molecule has 0 bridgehead atoms. The summed E-state index contributed by atoms with van der Waals surface area (Å²) in [5.74, 6) is -0.472. The Morgan fingerprint density at radius 3 is 2.56 bits per heavy atom. The number of aliphatic hydroxyl groups is 1. The minimum atomic E-state index is -4.57. The van der Waals surface area contributed by atoms with E-state index in [0.717, 1.165) is 16.7 Å². The smallest absolute Gasteiger partial charge is 0.427 e. The van der Waals surface area contributed by atoms with Crippen molar-refractivity contribution in [2.24, 2.45) is 0 Å². The van der Waals surface area contributed by atoms with Gasteiger partial charge in [0.05, 0.1) is 12.3 Å². The van der Waals surface area contributed by atoms with Gasteiger partial charge in [-0.05, 0) is 66.2 Å². The lowest BCUT2D eigenvalue weighted by atomic mass is 9.99. The van der Waals surface area contributed by atoms with Crippen molar-refractivity contribution >= 4 is 17.5 Å². The number of aliphatic hydroxyl groups excluding tert-OH is 1. The number of rotatable bonds is 8. The van der Waals surface area contributed by atoms with Gasteiger partial charge in [0.15, 0.2) is 0 Å². The molecule has 170 valence electrons. The molecule has 0 aliphatic rings. The van der Waals surface area contributed by atoms with Crippen LogP contribution in [0.5, 0.6) is 5.75 Å². The zero-order chi connectivity index (χ0) is 23.5. The van der Waals surface area contributed by atoms with Crippen molar-refractivity contribution < 1.29 is 32.9 Å². The SMILES string of the molecule is Cc1c(CCC(=O)O)ccc(OCc2c(-c3cccc(CO)c3)nsc2C(F)(F)F)c1C. The summed E-state index contributed by atoms with van der Waals surface area (Å²) in [4.78, 5) is 10.0. The largest absolute Gasteiger partial charge is 0.488 e. The number of ether oxygens (including phenoxy) is 1. The van der Waals surface area contributed by atoms with Crippen LogP contribution in [0.3, 0.4) is 0 Å². The summed E-state index contributed by atoms with van der Waals surface area (Å²) in [6, 6.07) is 9.97. The van der Waals surface area contributed by atoms with Gasteiger partial charge in [0.2, 0.25) is 0 Å². The van der Waals surface area contributed by atoms with Gasteiger partial charge in [-0.25, -0.2) is 0 Å². The summed E-state index contributed by atoms with van der Waals surface area (Å²) < 4.78 is 50.7. The van der Waals surface area contributed by atoms with Gasteiger partial charge in [0.25, 0.3) is 0 Å². The van der Waals surface area contributed by atoms with E-state index in [1.807, 2.05) is 6.92 Å². The second kappa shape index (κ2) is 9.70. The minimum absolute atomic E-state index is 0.00768. The number of hydrogen-bond donors (Lipinski definition) is 2. The lowest BCUT2D eigenvalue weighted by molar-refractivity contribution is -0.137. The van der Waals surface area contributed by atoms with Gasteiger partial charge in [0, 0.05) is 17.5 Å². The van der Waals surface area contributed by atoms with Crippen molar-refractivity contribution in [3.8, 4) is 17.0 Å². The Labute approximate surface area is 187 Å². The van der Waals surface area contributed by atoms with Crippen LogP contribution in [-0.4, -0.2) is 20.6 Å². The molecule has 1 heterocycles.